The van der Waals surface area contributed by atoms with E-state index in [1.807, 2.05) is 11.8 Å². The van der Waals surface area contributed by atoms with E-state index in [1.54, 1.807) is 47.5 Å². The highest BCUT2D eigenvalue weighted by atomic mass is 16.5. The van der Waals surface area contributed by atoms with Crippen molar-refractivity contribution in [3.63, 3.8) is 0 Å². The molecule has 1 aromatic carbocycles. The number of anilines is 2. The van der Waals surface area contributed by atoms with Crippen molar-refractivity contribution in [2.45, 2.75) is 45.1 Å². The number of urea groups is 1. The summed E-state index contributed by atoms with van der Waals surface area (Å²) in [6, 6.07) is 11.0. The third-order valence-corrected chi connectivity index (χ3v) is 5.77. The van der Waals surface area contributed by atoms with Crippen molar-refractivity contribution in [3.8, 4) is 5.75 Å². The van der Waals surface area contributed by atoms with Crippen LogP contribution in [0.2, 0.25) is 0 Å². The largest absolute Gasteiger partial charge is 0.494 e. The van der Waals surface area contributed by atoms with E-state index in [0.717, 1.165) is 25.1 Å². The molecule has 1 saturated heterocycles. The van der Waals surface area contributed by atoms with Gasteiger partial charge in [-0.3, -0.25) is 9.69 Å². The van der Waals surface area contributed by atoms with Crippen molar-refractivity contribution < 1.29 is 14.3 Å². The molecule has 7 heteroatoms. The smallest absolute Gasteiger partial charge is 0.326 e. The van der Waals surface area contributed by atoms with E-state index < -0.39 is 0 Å². The second-order valence-corrected chi connectivity index (χ2v) is 7.74. The maximum Gasteiger partial charge on any atom is 0.326 e. The minimum absolute atomic E-state index is 0.0422. The van der Waals surface area contributed by atoms with Crippen LogP contribution in [0, 0.1) is 0 Å². The molecule has 1 aliphatic heterocycles. The molecule has 1 N–H and O–H groups in total. The zero-order chi connectivity index (χ0) is 20.9. The van der Waals surface area contributed by atoms with Crippen LogP contribution in [-0.4, -0.2) is 47.6 Å². The van der Waals surface area contributed by atoms with Gasteiger partial charge in [-0.05, 0) is 56.2 Å². The van der Waals surface area contributed by atoms with Crippen molar-refractivity contribution in [1.82, 2.24) is 9.88 Å². The number of rotatable bonds is 6. The normalized spacial score (nSPS) is 17.3. The number of carbonyl (C=O) groups is 2. The molecule has 0 bridgehead atoms. The monoisotopic (exact) mass is 408 g/mol. The van der Waals surface area contributed by atoms with Crippen molar-refractivity contribution in [2.75, 3.05) is 29.9 Å². The standard InChI is InChI=1S/C23H28N4O3/c1-2-30-20-11-8-17(9-12-20)22(28)25-18-10-13-21(24-16-18)27-15-14-26(23(27)29)19-6-4-3-5-7-19/h8-13,16,19H,2-7,14-15H2,1H3,(H,25,28). The first-order valence-electron chi connectivity index (χ1n) is 10.7. The summed E-state index contributed by atoms with van der Waals surface area (Å²) in [6.07, 6.45) is 7.48. The highest BCUT2D eigenvalue weighted by Crippen LogP contribution is 2.28. The maximum atomic E-state index is 12.9. The number of carbonyl (C=O) groups excluding carboxylic acids is 2. The van der Waals surface area contributed by atoms with E-state index in [1.165, 1.54) is 19.3 Å². The van der Waals surface area contributed by atoms with Gasteiger partial charge < -0.3 is 15.0 Å². The number of nitrogens with zero attached hydrogens (tertiary/aromatic N) is 3. The van der Waals surface area contributed by atoms with Crippen LogP contribution < -0.4 is 15.0 Å². The highest BCUT2D eigenvalue weighted by molar-refractivity contribution is 6.04. The SMILES string of the molecule is CCOc1ccc(C(=O)Nc2ccc(N3CCN(C4CCCCC4)C3=O)nc2)cc1. The van der Waals surface area contributed by atoms with E-state index in [0.29, 0.717) is 36.3 Å². The van der Waals surface area contributed by atoms with Gasteiger partial charge in [-0.15, -0.1) is 0 Å². The lowest BCUT2D eigenvalue weighted by molar-refractivity contribution is 0.102. The van der Waals surface area contributed by atoms with Crippen LogP contribution in [0.1, 0.15) is 49.4 Å². The predicted octanol–water partition coefficient (Wildman–Crippen LogP) is 4.31. The Kier molecular flexibility index (Phi) is 6.16. The third kappa shape index (κ3) is 4.40. The molecular formula is C23H28N4O3. The summed E-state index contributed by atoms with van der Waals surface area (Å²) in [6.45, 7) is 3.91. The molecule has 0 spiro atoms. The van der Waals surface area contributed by atoms with Crippen molar-refractivity contribution in [2.24, 2.45) is 0 Å². The van der Waals surface area contributed by atoms with Crippen LogP contribution in [0.25, 0.3) is 0 Å². The molecule has 4 rings (SSSR count). The number of benzene rings is 1. The minimum Gasteiger partial charge on any atom is -0.494 e. The Labute approximate surface area is 177 Å². The first kappa shape index (κ1) is 20.2. The number of amides is 3. The molecule has 2 fully saturated rings. The lowest BCUT2D eigenvalue weighted by Gasteiger charge is -2.30. The summed E-state index contributed by atoms with van der Waals surface area (Å²) in [5, 5.41) is 2.84. The van der Waals surface area contributed by atoms with E-state index in [-0.39, 0.29) is 11.9 Å². The lowest BCUT2D eigenvalue weighted by atomic mass is 9.94. The van der Waals surface area contributed by atoms with Gasteiger partial charge in [-0.2, -0.15) is 0 Å². The maximum absolute atomic E-state index is 12.9. The van der Waals surface area contributed by atoms with Crippen LogP contribution in [0.5, 0.6) is 5.75 Å². The van der Waals surface area contributed by atoms with Crippen molar-refractivity contribution in [1.29, 1.82) is 0 Å². The summed E-state index contributed by atoms with van der Waals surface area (Å²) < 4.78 is 5.40. The van der Waals surface area contributed by atoms with Gasteiger partial charge >= 0.3 is 6.03 Å². The number of aromatic nitrogens is 1. The van der Waals surface area contributed by atoms with Gasteiger partial charge in [0.25, 0.3) is 5.91 Å². The molecule has 0 unspecified atom stereocenters. The Morgan fingerprint density at radius 3 is 2.53 bits per heavy atom. The van der Waals surface area contributed by atoms with Gasteiger partial charge in [0.2, 0.25) is 0 Å². The Morgan fingerprint density at radius 1 is 1.10 bits per heavy atom. The van der Waals surface area contributed by atoms with Gasteiger partial charge in [0.1, 0.15) is 11.6 Å². The van der Waals surface area contributed by atoms with Gasteiger partial charge in [0, 0.05) is 24.7 Å². The first-order chi connectivity index (χ1) is 14.7. The molecule has 1 aromatic heterocycles. The summed E-state index contributed by atoms with van der Waals surface area (Å²) in [5.74, 6) is 1.14. The Morgan fingerprint density at radius 2 is 1.87 bits per heavy atom. The average molecular weight is 409 g/mol. The molecule has 2 heterocycles. The quantitative estimate of drug-likeness (QED) is 0.773. The van der Waals surface area contributed by atoms with Crippen molar-refractivity contribution >= 4 is 23.4 Å². The lowest BCUT2D eigenvalue weighted by Crippen LogP contribution is -2.40. The highest BCUT2D eigenvalue weighted by Gasteiger charge is 2.35. The fourth-order valence-electron chi connectivity index (χ4n) is 4.19. The molecule has 158 valence electrons. The number of pyridine rings is 1. The van der Waals surface area contributed by atoms with Crippen LogP contribution in [0.3, 0.4) is 0 Å². The Hall–Kier alpha value is -3.09. The van der Waals surface area contributed by atoms with Crippen LogP contribution in [0.4, 0.5) is 16.3 Å². The summed E-state index contributed by atoms with van der Waals surface area (Å²) in [5.41, 5.74) is 1.13. The van der Waals surface area contributed by atoms with E-state index in [2.05, 4.69) is 10.3 Å². The van der Waals surface area contributed by atoms with Gasteiger partial charge in [0.05, 0.1) is 18.5 Å². The molecule has 7 nitrogen and oxygen atoms in total. The second kappa shape index (κ2) is 9.15. The molecular weight excluding hydrogens is 380 g/mol. The number of nitrogens with one attached hydrogen (secondary N) is 1. The van der Waals surface area contributed by atoms with E-state index in [4.69, 9.17) is 4.74 Å². The minimum atomic E-state index is -0.215. The van der Waals surface area contributed by atoms with Crippen molar-refractivity contribution in [3.05, 3.63) is 48.2 Å². The summed E-state index contributed by atoms with van der Waals surface area (Å²) >= 11 is 0. The van der Waals surface area contributed by atoms with Crippen LogP contribution in [0.15, 0.2) is 42.6 Å². The Bertz CT molecular complexity index is 876. The Balaban J connectivity index is 1.37. The molecule has 3 amide bonds. The second-order valence-electron chi connectivity index (χ2n) is 7.74. The van der Waals surface area contributed by atoms with Gasteiger partial charge in [0.15, 0.2) is 0 Å². The molecule has 2 aromatic rings. The van der Waals surface area contributed by atoms with Gasteiger partial charge in [-0.1, -0.05) is 19.3 Å². The van der Waals surface area contributed by atoms with Crippen LogP contribution >= 0.6 is 0 Å². The number of ether oxygens (including phenoxy) is 1. The topological polar surface area (TPSA) is 74.8 Å². The molecule has 2 aliphatic rings. The van der Waals surface area contributed by atoms with E-state index >= 15 is 0 Å². The van der Waals surface area contributed by atoms with E-state index in [9.17, 15) is 9.59 Å². The average Bonchev–Trinajstić information content (AvgIpc) is 3.17. The fourth-order valence-corrected chi connectivity index (χ4v) is 4.19. The number of hydrogen-bond acceptors (Lipinski definition) is 4. The fraction of sp³-hybridized carbons (Fsp3) is 0.435. The predicted molar refractivity (Wildman–Crippen MR) is 116 cm³/mol. The zero-order valence-corrected chi connectivity index (χ0v) is 17.3. The van der Waals surface area contributed by atoms with Gasteiger partial charge in [-0.25, -0.2) is 9.78 Å². The zero-order valence-electron chi connectivity index (χ0n) is 17.3. The summed E-state index contributed by atoms with van der Waals surface area (Å²) in [4.78, 5) is 33.5. The molecule has 0 radical (unpaired) electrons. The third-order valence-electron chi connectivity index (χ3n) is 5.77. The molecule has 30 heavy (non-hydrogen) atoms. The summed E-state index contributed by atoms with van der Waals surface area (Å²) in [7, 11) is 0. The molecule has 1 aliphatic carbocycles. The number of hydrogen-bond donors (Lipinski definition) is 1. The van der Waals surface area contributed by atoms with Crippen LogP contribution in [-0.2, 0) is 0 Å². The molecule has 0 atom stereocenters. The molecule has 1 saturated carbocycles. The first-order valence-corrected chi connectivity index (χ1v) is 10.7.